The first-order valence-corrected chi connectivity index (χ1v) is 8.36. The molecular formula is C16H21NO2S. The molecule has 4 heteroatoms. The van der Waals surface area contributed by atoms with Crippen molar-refractivity contribution in [1.29, 1.82) is 0 Å². The largest absolute Gasteiger partial charge is 0.386 e. The molecular weight excluding hydrogens is 270 g/mol. The molecule has 2 fully saturated rings. The van der Waals surface area contributed by atoms with Gasteiger partial charge in [0, 0.05) is 5.75 Å². The minimum atomic E-state index is -0.559. The van der Waals surface area contributed by atoms with E-state index in [1.807, 2.05) is 0 Å². The van der Waals surface area contributed by atoms with E-state index in [0.717, 1.165) is 18.6 Å². The summed E-state index contributed by atoms with van der Waals surface area (Å²) in [5, 5.41) is 10.2. The molecule has 108 valence electrons. The molecule has 1 saturated carbocycles. The van der Waals surface area contributed by atoms with Crippen molar-refractivity contribution in [2.45, 2.75) is 31.1 Å². The van der Waals surface area contributed by atoms with Crippen LogP contribution in [-0.4, -0.2) is 40.4 Å². The Labute approximate surface area is 124 Å². The topological polar surface area (TPSA) is 40.5 Å². The van der Waals surface area contributed by atoms with Crippen molar-refractivity contribution in [2.75, 3.05) is 18.8 Å². The van der Waals surface area contributed by atoms with Gasteiger partial charge < -0.3 is 10.0 Å². The maximum absolute atomic E-state index is 12.0. The lowest BCUT2D eigenvalue weighted by atomic mass is 9.89. The predicted molar refractivity (Wildman–Crippen MR) is 81.6 cm³/mol. The Balaban J connectivity index is 1.40. The highest BCUT2D eigenvalue weighted by Crippen LogP contribution is 2.44. The average Bonchev–Trinajstić information content (AvgIpc) is 3.19. The second kappa shape index (κ2) is 5.41. The number of carbonyl (C=O) groups is 1. The van der Waals surface area contributed by atoms with Gasteiger partial charge in [0.2, 0.25) is 5.91 Å². The predicted octanol–water partition coefficient (Wildman–Crippen LogP) is 2.21. The summed E-state index contributed by atoms with van der Waals surface area (Å²) in [7, 11) is 0. The monoisotopic (exact) mass is 291 g/mol. The molecule has 1 N–H and O–H groups in total. The van der Waals surface area contributed by atoms with Gasteiger partial charge in [0.05, 0.1) is 18.8 Å². The third kappa shape index (κ3) is 3.01. The van der Waals surface area contributed by atoms with Gasteiger partial charge in [-0.15, -0.1) is 11.8 Å². The molecule has 0 spiro atoms. The highest BCUT2D eigenvalue weighted by molar-refractivity contribution is 7.99. The quantitative estimate of drug-likeness (QED) is 0.904. The highest BCUT2D eigenvalue weighted by atomic mass is 32.2. The molecule has 1 aromatic carbocycles. The van der Waals surface area contributed by atoms with Crippen molar-refractivity contribution in [3.05, 3.63) is 35.4 Å². The summed E-state index contributed by atoms with van der Waals surface area (Å²) in [5.74, 6) is 1.99. The number of aryl methyl sites for hydroxylation is 1. The standard InChI is InChI=1S/C16H21NO2S/c1-12-3-2-4-13(7-12)8-20-9-15(18)17-10-16(19,11-17)14-5-6-14/h2-4,7,14,19H,5-6,8-11H2,1H3. The van der Waals surface area contributed by atoms with Crippen LogP contribution in [0.5, 0.6) is 0 Å². The number of rotatable bonds is 5. The first-order valence-electron chi connectivity index (χ1n) is 7.20. The Kier molecular flexibility index (Phi) is 3.78. The molecule has 0 atom stereocenters. The van der Waals surface area contributed by atoms with Crippen LogP contribution >= 0.6 is 11.8 Å². The summed E-state index contributed by atoms with van der Waals surface area (Å²) < 4.78 is 0. The summed E-state index contributed by atoms with van der Waals surface area (Å²) in [5.41, 5.74) is 1.96. The lowest BCUT2D eigenvalue weighted by molar-refractivity contribution is -0.156. The van der Waals surface area contributed by atoms with Gasteiger partial charge in [-0.2, -0.15) is 0 Å². The van der Waals surface area contributed by atoms with Crippen molar-refractivity contribution < 1.29 is 9.90 Å². The Morgan fingerprint density at radius 2 is 2.20 bits per heavy atom. The molecule has 3 rings (SSSR count). The van der Waals surface area contributed by atoms with Gasteiger partial charge in [-0.3, -0.25) is 4.79 Å². The third-order valence-electron chi connectivity index (χ3n) is 4.20. The molecule has 1 aliphatic heterocycles. The van der Waals surface area contributed by atoms with E-state index in [1.165, 1.54) is 11.1 Å². The van der Waals surface area contributed by atoms with Crippen LogP contribution in [0, 0.1) is 12.8 Å². The van der Waals surface area contributed by atoms with E-state index in [4.69, 9.17) is 0 Å². The Hall–Kier alpha value is -1.00. The fourth-order valence-electron chi connectivity index (χ4n) is 2.82. The molecule has 1 heterocycles. The summed E-state index contributed by atoms with van der Waals surface area (Å²) in [4.78, 5) is 13.8. The van der Waals surface area contributed by atoms with Crippen LogP contribution in [0.15, 0.2) is 24.3 Å². The maximum Gasteiger partial charge on any atom is 0.232 e. The number of carbonyl (C=O) groups excluding carboxylic acids is 1. The first-order chi connectivity index (χ1) is 9.57. The lowest BCUT2D eigenvalue weighted by Crippen LogP contribution is -2.65. The van der Waals surface area contributed by atoms with Gasteiger partial charge in [0.1, 0.15) is 5.60 Å². The van der Waals surface area contributed by atoms with Gasteiger partial charge in [-0.25, -0.2) is 0 Å². The average molecular weight is 291 g/mol. The Bertz CT molecular complexity index is 507. The second-order valence-corrected chi connectivity index (χ2v) is 7.10. The number of hydrogen-bond acceptors (Lipinski definition) is 3. The number of likely N-dealkylation sites (tertiary alicyclic amines) is 1. The molecule has 20 heavy (non-hydrogen) atoms. The van der Waals surface area contributed by atoms with Crippen LogP contribution in [0.2, 0.25) is 0 Å². The van der Waals surface area contributed by atoms with Crippen molar-refractivity contribution >= 4 is 17.7 Å². The Morgan fingerprint density at radius 3 is 2.85 bits per heavy atom. The molecule has 0 bridgehead atoms. The van der Waals surface area contributed by atoms with Crippen LogP contribution < -0.4 is 0 Å². The van der Waals surface area contributed by atoms with Crippen LogP contribution in [-0.2, 0) is 10.5 Å². The van der Waals surface area contributed by atoms with Crippen molar-refractivity contribution in [3.63, 3.8) is 0 Å². The van der Waals surface area contributed by atoms with Crippen LogP contribution in [0.4, 0.5) is 0 Å². The number of hydrogen-bond donors (Lipinski definition) is 1. The molecule has 1 aromatic rings. The molecule has 1 amide bonds. The molecule has 0 radical (unpaired) electrons. The highest BCUT2D eigenvalue weighted by Gasteiger charge is 2.53. The third-order valence-corrected chi connectivity index (χ3v) is 5.18. The minimum Gasteiger partial charge on any atom is -0.386 e. The van der Waals surface area contributed by atoms with Crippen molar-refractivity contribution in [1.82, 2.24) is 4.90 Å². The van der Waals surface area contributed by atoms with Gasteiger partial charge >= 0.3 is 0 Å². The lowest BCUT2D eigenvalue weighted by Gasteiger charge is -2.47. The molecule has 1 aliphatic carbocycles. The van der Waals surface area contributed by atoms with Gasteiger partial charge in [-0.05, 0) is 31.2 Å². The molecule has 0 aromatic heterocycles. The SMILES string of the molecule is Cc1cccc(CSCC(=O)N2CC(O)(C3CC3)C2)c1. The maximum atomic E-state index is 12.0. The molecule has 1 saturated heterocycles. The van der Waals surface area contributed by atoms with Gasteiger partial charge in [-0.1, -0.05) is 29.8 Å². The minimum absolute atomic E-state index is 0.160. The number of β-amino-alcohol motifs (C(OH)–C–C–N with tert-alkyl or cyclic N) is 1. The van der Waals surface area contributed by atoms with E-state index in [0.29, 0.717) is 24.8 Å². The van der Waals surface area contributed by atoms with Gasteiger partial charge in [0.15, 0.2) is 0 Å². The van der Waals surface area contributed by atoms with E-state index in [1.54, 1.807) is 16.7 Å². The first kappa shape index (κ1) is 14.0. The smallest absolute Gasteiger partial charge is 0.232 e. The van der Waals surface area contributed by atoms with Crippen molar-refractivity contribution in [3.8, 4) is 0 Å². The van der Waals surface area contributed by atoms with E-state index in [9.17, 15) is 9.90 Å². The summed E-state index contributed by atoms with van der Waals surface area (Å²) in [6, 6.07) is 8.39. The molecule has 2 aliphatic rings. The van der Waals surface area contributed by atoms with E-state index in [-0.39, 0.29) is 5.91 Å². The fourth-order valence-corrected chi connectivity index (χ4v) is 3.69. The van der Waals surface area contributed by atoms with Crippen LogP contribution in [0.25, 0.3) is 0 Å². The Morgan fingerprint density at radius 1 is 1.45 bits per heavy atom. The van der Waals surface area contributed by atoms with Crippen molar-refractivity contribution in [2.24, 2.45) is 5.92 Å². The molecule has 3 nitrogen and oxygen atoms in total. The number of benzene rings is 1. The fraction of sp³-hybridized carbons (Fsp3) is 0.562. The summed E-state index contributed by atoms with van der Waals surface area (Å²) in [6.07, 6.45) is 2.25. The zero-order valence-corrected chi connectivity index (χ0v) is 12.7. The zero-order valence-electron chi connectivity index (χ0n) is 11.8. The van der Waals surface area contributed by atoms with E-state index >= 15 is 0 Å². The summed E-state index contributed by atoms with van der Waals surface area (Å²) >= 11 is 1.65. The van der Waals surface area contributed by atoms with Gasteiger partial charge in [0.25, 0.3) is 0 Å². The number of nitrogens with zero attached hydrogens (tertiary/aromatic N) is 1. The second-order valence-electron chi connectivity index (χ2n) is 6.11. The van der Waals surface area contributed by atoms with Crippen LogP contribution in [0.3, 0.4) is 0 Å². The zero-order chi connectivity index (χ0) is 14.2. The van der Waals surface area contributed by atoms with E-state index in [2.05, 4.69) is 31.2 Å². The summed E-state index contributed by atoms with van der Waals surface area (Å²) in [6.45, 7) is 3.17. The number of thioether (sulfide) groups is 1. The van der Waals surface area contributed by atoms with Crippen LogP contribution in [0.1, 0.15) is 24.0 Å². The number of aliphatic hydroxyl groups is 1. The number of amides is 1. The normalized spacial score (nSPS) is 20.6. The van der Waals surface area contributed by atoms with E-state index < -0.39 is 5.60 Å². The molecule has 0 unspecified atom stereocenters.